The standard InChI is InChI=1S/C17H15F3N4O/c1-10(2)24-9-11-7-12(3-4-15(11)23-24)22-16(25)13-5-6-21-8-14(13)17(18,19)20/h3-10H,1-2H3,(H,22,25). The summed E-state index contributed by atoms with van der Waals surface area (Å²) in [6.45, 7) is 3.97. The molecule has 0 unspecified atom stereocenters. The molecule has 25 heavy (non-hydrogen) atoms. The molecule has 0 aliphatic carbocycles. The van der Waals surface area contributed by atoms with Crippen LogP contribution in [0.5, 0.6) is 0 Å². The Balaban J connectivity index is 1.90. The molecule has 0 radical (unpaired) electrons. The normalized spacial score (nSPS) is 11.9. The second-order valence-electron chi connectivity index (χ2n) is 5.85. The molecule has 0 aliphatic rings. The zero-order valence-electron chi connectivity index (χ0n) is 13.5. The van der Waals surface area contributed by atoms with Gasteiger partial charge in [-0.05, 0) is 38.1 Å². The van der Waals surface area contributed by atoms with Crippen LogP contribution in [0.3, 0.4) is 0 Å². The number of fused-ring (bicyclic) bond motifs is 1. The summed E-state index contributed by atoms with van der Waals surface area (Å²) in [6.07, 6.45) is -1.03. The monoisotopic (exact) mass is 348 g/mol. The molecule has 0 saturated heterocycles. The van der Waals surface area contributed by atoms with Gasteiger partial charge in [-0.15, -0.1) is 0 Å². The van der Waals surface area contributed by atoms with Gasteiger partial charge in [-0.1, -0.05) is 0 Å². The van der Waals surface area contributed by atoms with Crippen molar-refractivity contribution in [3.63, 3.8) is 0 Å². The highest BCUT2D eigenvalue weighted by Crippen LogP contribution is 2.31. The van der Waals surface area contributed by atoms with E-state index < -0.39 is 23.2 Å². The molecule has 0 aliphatic heterocycles. The highest BCUT2D eigenvalue weighted by molar-refractivity contribution is 6.06. The van der Waals surface area contributed by atoms with Crippen LogP contribution in [0.25, 0.3) is 10.9 Å². The van der Waals surface area contributed by atoms with Crippen LogP contribution in [0.2, 0.25) is 0 Å². The van der Waals surface area contributed by atoms with Crippen LogP contribution < -0.4 is 5.32 Å². The predicted molar refractivity (Wildman–Crippen MR) is 87.3 cm³/mol. The first-order chi connectivity index (χ1) is 11.8. The Morgan fingerprint density at radius 1 is 1.24 bits per heavy atom. The second kappa shape index (κ2) is 6.19. The van der Waals surface area contributed by atoms with Crippen molar-refractivity contribution in [2.24, 2.45) is 0 Å². The quantitative estimate of drug-likeness (QED) is 0.768. The maximum Gasteiger partial charge on any atom is 0.418 e. The third kappa shape index (κ3) is 3.47. The number of carbonyl (C=O) groups is 1. The van der Waals surface area contributed by atoms with Gasteiger partial charge in [-0.3, -0.25) is 14.5 Å². The minimum Gasteiger partial charge on any atom is -0.322 e. The molecule has 0 spiro atoms. The third-order valence-corrected chi connectivity index (χ3v) is 3.68. The molecule has 0 saturated carbocycles. The number of rotatable bonds is 3. The van der Waals surface area contributed by atoms with Gasteiger partial charge in [0.15, 0.2) is 0 Å². The lowest BCUT2D eigenvalue weighted by Crippen LogP contribution is -2.19. The number of nitrogens with one attached hydrogen (secondary N) is 1. The number of halogens is 3. The highest BCUT2D eigenvalue weighted by Gasteiger charge is 2.35. The van der Waals surface area contributed by atoms with Crippen LogP contribution in [-0.2, 0) is 6.18 Å². The van der Waals surface area contributed by atoms with E-state index in [-0.39, 0.29) is 6.04 Å². The Labute approximate surface area is 141 Å². The van der Waals surface area contributed by atoms with Crippen molar-refractivity contribution in [2.45, 2.75) is 26.1 Å². The smallest absolute Gasteiger partial charge is 0.322 e. The number of hydrogen-bond acceptors (Lipinski definition) is 3. The van der Waals surface area contributed by atoms with E-state index in [1.165, 1.54) is 0 Å². The average Bonchev–Trinajstić information content (AvgIpc) is 2.97. The fourth-order valence-corrected chi connectivity index (χ4v) is 2.40. The van der Waals surface area contributed by atoms with Gasteiger partial charge in [-0.25, -0.2) is 0 Å². The minimum atomic E-state index is -4.65. The van der Waals surface area contributed by atoms with E-state index in [9.17, 15) is 18.0 Å². The van der Waals surface area contributed by atoms with E-state index >= 15 is 0 Å². The van der Waals surface area contributed by atoms with Gasteiger partial charge in [0.2, 0.25) is 0 Å². The summed E-state index contributed by atoms with van der Waals surface area (Å²) >= 11 is 0. The van der Waals surface area contributed by atoms with Crippen molar-refractivity contribution in [2.75, 3.05) is 5.32 Å². The molecule has 1 N–H and O–H groups in total. The first-order valence-electron chi connectivity index (χ1n) is 7.57. The van der Waals surface area contributed by atoms with Crippen molar-refractivity contribution in [3.05, 3.63) is 54.0 Å². The van der Waals surface area contributed by atoms with E-state index in [1.54, 1.807) is 22.9 Å². The average molecular weight is 348 g/mol. The van der Waals surface area contributed by atoms with Crippen LogP contribution in [0.1, 0.15) is 35.8 Å². The summed E-state index contributed by atoms with van der Waals surface area (Å²) < 4.78 is 40.8. The fourth-order valence-electron chi connectivity index (χ4n) is 2.40. The largest absolute Gasteiger partial charge is 0.418 e. The Kier molecular flexibility index (Phi) is 4.20. The van der Waals surface area contributed by atoms with Gasteiger partial charge >= 0.3 is 6.18 Å². The molecule has 0 atom stereocenters. The number of benzene rings is 1. The van der Waals surface area contributed by atoms with Crippen LogP contribution in [0.4, 0.5) is 18.9 Å². The molecule has 1 aromatic carbocycles. The number of nitrogens with zero attached hydrogens (tertiary/aromatic N) is 3. The van der Waals surface area contributed by atoms with Crippen LogP contribution in [0.15, 0.2) is 42.9 Å². The minimum absolute atomic E-state index is 0.177. The van der Waals surface area contributed by atoms with Crippen molar-refractivity contribution in [3.8, 4) is 0 Å². The van der Waals surface area contributed by atoms with Crippen molar-refractivity contribution < 1.29 is 18.0 Å². The van der Waals surface area contributed by atoms with Crippen LogP contribution in [0, 0.1) is 0 Å². The lowest BCUT2D eigenvalue weighted by atomic mass is 10.1. The highest BCUT2D eigenvalue weighted by atomic mass is 19.4. The molecule has 3 aromatic rings. The van der Waals surface area contributed by atoms with Crippen molar-refractivity contribution in [1.82, 2.24) is 14.8 Å². The number of alkyl halides is 3. The fraction of sp³-hybridized carbons (Fsp3) is 0.235. The zero-order chi connectivity index (χ0) is 18.2. The number of amides is 1. The van der Waals surface area contributed by atoms with Gasteiger partial charge in [-0.2, -0.15) is 18.3 Å². The number of aromatic nitrogens is 3. The molecule has 8 heteroatoms. The molecular formula is C17H15F3N4O. The SMILES string of the molecule is CC(C)n1cc2cc(NC(=O)c3ccncc3C(F)(F)F)ccc2n1. The first-order valence-corrected chi connectivity index (χ1v) is 7.57. The summed E-state index contributed by atoms with van der Waals surface area (Å²) in [6, 6.07) is 6.21. The lowest BCUT2D eigenvalue weighted by molar-refractivity contribution is -0.138. The van der Waals surface area contributed by atoms with Gasteiger partial charge in [0, 0.05) is 35.7 Å². The van der Waals surface area contributed by atoms with Crippen LogP contribution >= 0.6 is 0 Å². The number of carbonyl (C=O) groups excluding carboxylic acids is 1. The molecule has 130 valence electrons. The third-order valence-electron chi connectivity index (χ3n) is 3.68. The zero-order valence-corrected chi connectivity index (χ0v) is 13.5. The molecule has 1 amide bonds. The Morgan fingerprint density at radius 3 is 2.68 bits per heavy atom. The molecule has 0 fully saturated rings. The van der Waals surface area contributed by atoms with Crippen LogP contribution in [-0.4, -0.2) is 20.7 Å². The van der Waals surface area contributed by atoms with Crippen molar-refractivity contribution >= 4 is 22.5 Å². The van der Waals surface area contributed by atoms with Crippen molar-refractivity contribution in [1.29, 1.82) is 0 Å². The Bertz CT molecular complexity index is 931. The maximum absolute atomic E-state index is 13.0. The summed E-state index contributed by atoms with van der Waals surface area (Å²) in [5.74, 6) is -0.842. The van der Waals surface area contributed by atoms with Gasteiger partial charge < -0.3 is 5.32 Å². The van der Waals surface area contributed by atoms with Gasteiger partial charge in [0.1, 0.15) is 0 Å². The van der Waals surface area contributed by atoms with E-state index in [0.29, 0.717) is 11.9 Å². The molecule has 3 rings (SSSR count). The maximum atomic E-state index is 13.0. The topological polar surface area (TPSA) is 59.8 Å². The molecule has 0 bridgehead atoms. The molecular weight excluding hydrogens is 333 g/mol. The predicted octanol–water partition coefficient (Wildman–Crippen LogP) is 4.28. The number of pyridine rings is 1. The lowest BCUT2D eigenvalue weighted by Gasteiger charge is -2.12. The number of anilines is 1. The van der Waals surface area contributed by atoms with E-state index in [1.807, 2.05) is 20.0 Å². The first kappa shape index (κ1) is 16.9. The molecule has 5 nitrogen and oxygen atoms in total. The van der Waals surface area contributed by atoms with Gasteiger partial charge in [0.05, 0.1) is 16.6 Å². The van der Waals surface area contributed by atoms with E-state index in [0.717, 1.165) is 23.2 Å². The molecule has 2 aromatic heterocycles. The number of hydrogen-bond donors (Lipinski definition) is 1. The summed E-state index contributed by atoms with van der Waals surface area (Å²) in [7, 11) is 0. The second-order valence-corrected chi connectivity index (χ2v) is 5.85. The summed E-state index contributed by atoms with van der Waals surface area (Å²) in [5.41, 5.74) is -0.404. The Hall–Kier alpha value is -2.90. The summed E-state index contributed by atoms with van der Waals surface area (Å²) in [5, 5.41) is 7.67. The van der Waals surface area contributed by atoms with E-state index in [2.05, 4.69) is 15.4 Å². The molecule has 2 heterocycles. The van der Waals surface area contributed by atoms with Gasteiger partial charge in [0.25, 0.3) is 5.91 Å². The Morgan fingerprint density at radius 2 is 2.00 bits per heavy atom. The summed E-state index contributed by atoms with van der Waals surface area (Å²) in [4.78, 5) is 15.7. The van der Waals surface area contributed by atoms with E-state index in [4.69, 9.17) is 0 Å².